The summed E-state index contributed by atoms with van der Waals surface area (Å²) in [5.74, 6) is 0.407. The number of hydrogen-bond donors (Lipinski definition) is 1. The number of aliphatic hydroxyl groups excluding tert-OH is 1. The molecule has 3 nitrogen and oxygen atoms in total. The smallest absolute Gasteiger partial charge is 0.226 e. The van der Waals surface area contributed by atoms with E-state index in [4.69, 9.17) is 0 Å². The molecule has 0 aromatic rings. The summed E-state index contributed by atoms with van der Waals surface area (Å²) in [6.45, 7) is 9.18. The lowest BCUT2D eigenvalue weighted by molar-refractivity contribution is -0.141. The van der Waals surface area contributed by atoms with E-state index >= 15 is 0 Å². The van der Waals surface area contributed by atoms with Crippen molar-refractivity contribution in [1.29, 1.82) is 0 Å². The Kier molecular flexibility index (Phi) is 5.64. The standard InChI is InChI=1S/C15H29NO2/c1-5-12(6-2)16(10-11-17)14(18)13-8-7-9-15(13,3)4/h12-13,17H,5-11H2,1-4H3. The first kappa shape index (κ1) is 15.5. The summed E-state index contributed by atoms with van der Waals surface area (Å²) in [4.78, 5) is 14.7. The summed E-state index contributed by atoms with van der Waals surface area (Å²) in [5.41, 5.74) is 0.122. The first-order chi connectivity index (χ1) is 8.47. The van der Waals surface area contributed by atoms with E-state index in [9.17, 15) is 9.90 Å². The van der Waals surface area contributed by atoms with Gasteiger partial charge in [-0.2, -0.15) is 0 Å². The summed E-state index contributed by atoms with van der Waals surface area (Å²) in [7, 11) is 0. The predicted octanol–water partition coefficient (Wildman–Crippen LogP) is 2.82. The molecule has 1 aliphatic rings. The van der Waals surface area contributed by atoms with Gasteiger partial charge in [0.05, 0.1) is 6.61 Å². The molecule has 0 radical (unpaired) electrons. The van der Waals surface area contributed by atoms with E-state index in [-0.39, 0.29) is 29.9 Å². The molecule has 0 heterocycles. The molecule has 1 amide bonds. The van der Waals surface area contributed by atoms with Crippen LogP contribution in [0.15, 0.2) is 0 Å². The maximum atomic E-state index is 12.7. The average molecular weight is 255 g/mol. The van der Waals surface area contributed by atoms with Gasteiger partial charge < -0.3 is 10.0 Å². The van der Waals surface area contributed by atoms with Crippen LogP contribution < -0.4 is 0 Å². The Morgan fingerprint density at radius 1 is 1.39 bits per heavy atom. The lowest BCUT2D eigenvalue weighted by atomic mass is 9.80. The van der Waals surface area contributed by atoms with Crippen LogP contribution in [-0.2, 0) is 4.79 Å². The lowest BCUT2D eigenvalue weighted by Crippen LogP contribution is -2.46. The summed E-state index contributed by atoms with van der Waals surface area (Å²) in [5, 5.41) is 9.20. The Labute approximate surface area is 112 Å². The fourth-order valence-corrected chi connectivity index (χ4v) is 3.29. The van der Waals surface area contributed by atoms with E-state index in [0.717, 1.165) is 32.1 Å². The van der Waals surface area contributed by atoms with Crippen LogP contribution in [0.25, 0.3) is 0 Å². The normalized spacial score (nSPS) is 22.4. The number of amides is 1. The largest absolute Gasteiger partial charge is 0.395 e. The molecule has 0 saturated heterocycles. The molecule has 1 N–H and O–H groups in total. The summed E-state index contributed by atoms with van der Waals surface area (Å²) < 4.78 is 0. The van der Waals surface area contributed by atoms with Gasteiger partial charge in [-0.3, -0.25) is 4.79 Å². The second-order valence-corrected chi connectivity index (χ2v) is 6.16. The van der Waals surface area contributed by atoms with Crippen LogP contribution in [0.5, 0.6) is 0 Å². The minimum absolute atomic E-state index is 0.0649. The highest BCUT2D eigenvalue weighted by Crippen LogP contribution is 2.43. The van der Waals surface area contributed by atoms with Gasteiger partial charge in [0.2, 0.25) is 5.91 Å². The highest BCUT2D eigenvalue weighted by atomic mass is 16.3. The van der Waals surface area contributed by atoms with Crippen LogP contribution in [-0.4, -0.2) is 35.1 Å². The molecule has 0 spiro atoms. The van der Waals surface area contributed by atoms with E-state index < -0.39 is 0 Å². The Morgan fingerprint density at radius 2 is 2.00 bits per heavy atom. The molecule has 1 rings (SSSR count). The van der Waals surface area contributed by atoms with Crippen LogP contribution in [0, 0.1) is 11.3 Å². The fourth-order valence-electron chi connectivity index (χ4n) is 3.29. The Balaban J connectivity index is 2.82. The SMILES string of the molecule is CCC(CC)N(CCO)C(=O)C1CCCC1(C)C. The topological polar surface area (TPSA) is 40.5 Å². The molecule has 1 aliphatic carbocycles. The number of aliphatic hydroxyl groups is 1. The van der Waals surface area contributed by atoms with Gasteiger partial charge in [0.1, 0.15) is 0 Å². The second kappa shape index (κ2) is 6.55. The van der Waals surface area contributed by atoms with Gasteiger partial charge in [-0.25, -0.2) is 0 Å². The molecule has 18 heavy (non-hydrogen) atoms. The molecule has 0 aromatic carbocycles. The Hall–Kier alpha value is -0.570. The van der Waals surface area contributed by atoms with Crippen LogP contribution >= 0.6 is 0 Å². The fraction of sp³-hybridized carbons (Fsp3) is 0.933. The van der Waals surface area contributed by atoms with Gasteiger partial charge in [0.25, 0.3) is 0 Å². The van der Waals surface area contributed by atoms with E-state index in [1.807, 2.05) is 4.90 Å². The molecule has 1 fully saturated rings. The van der Waals surface area contributed by atoms with E-state index in [0.29, 0.717) is 6.54 Å². The monoisotopic (exact) mass is 255 g/mol. The van der Waals surface area contributed by atoms with Crippen molar-refractivity contribution in [3.05, 3.63) is 0 Å². The summed E-state index contributed by atoms with van der Waals surface area (Å²) in [6.07, 6.45) is 5.23. The van der Waals surface area contributed by atoms with Gasteiger partial charge in [0.15, 0.2) is 0 Å². The third kappa shape index (κ3) is 3.25. The van der Waals surface area contributed by atoms with Crippen molar-refractivity contribution in [2.75, 3.05) is 13.2 Å². The zero-order valence-corrected chi connectivity index (χ0v) is 12.4. The summed E-state index contributed by atoms with van der Waals surface area (Å²) >= 11 is 0. The maximum absolute atomic E-state index is 12.7. The third-order valence-corrected chi connectivity index (χ3v) is 4.56. The highest BCUT2D eigenvalue weighted by molar-refractivity contribution is 5.80. The van der Waals surface area contributed by atoms with Crippen LogP contribution in [0.1, 0.15) is 59.8 Å². The van der Waals surface area contributed by atoms with Crippen molar-refractivity contribution in [2.24, 2.45) is 11.3 Å². The van der Waals surface area contributed by atoms with Crippen LogP contribution in [0.2, 0.25) is 0 Å². The number of rotatable bonds is 6. The van der Waals surface area contributed by atoms with Crippen molar-refractivity contribution in [3.63, 3.8) is 0 Å². The second-order valence-electron chi connectivity index (χ2n) is 6.16. The molecular formula is C15H29NO2. The van der Waals surface area contributed by atoms with E-state index in [2.05, 4.69) is 27.7 Å². The average Bonchev–Trinajstić information content (AvgIpc) is 2.68. The van der Waals surface area contributed by atoms with Crippen LogP contribution in [0.4, 0.5) is 0 Å². The third-order valence-electron chi connectivity index (χ3n) is 4.56. The Bertz CT molecular complexity index is 272. The molecular weight excluding hydrogens is 226 g/mol. The predicted molar refractivity (Wildman–Crippen MR) is 74.3 cm³/mol. The van der Waals surface area contributed by atoms with Crippen molar-refractivity contribution >= 4 is 5.91 Å². The summed E-state index contributed by atoms with van der Waals surface area (Å²) in [6, 6.07) is 0.279. The molecule has 0 bridgehead atoms. The zero-order valence-electron chi connectivity index (χ0n) is 12.4. The first-order valence-electron chi connectivity index (χ1n) is 7.39. The van der Waals surface area contributed by atoms with Gasteiger partial charge in [-0.05, 0) is 31.1 Å². The molecule has 1 saturated carbocycles. The van der Waals surface area contributed by atoms with Gasteiger partial charge >= 0.3 is 0 Å². The minimum Gasteiger partial charge on any atom is -0.395 e. The van der Waals surface area contributed by atoms with Crippen molar-refractivity contribution in [3.8, 4) is 0 Å². The number of nitrogens with zero attached hydrogens (tertiary/aromatic N) is 1. The van der Waals surface area contributed by atoms with Gasteiger partial charge in [0, 0.05) is 18.5 Å². The van der Waals surface area contributed by atoms with Crippen molar-refractivity contribution in [1.82, 2.24) is 4.90 Å². The molecule has 3 heteroatoms. The van der Waals surface area contributed by atoms with Crippen molar-refractivity contribution < 1.29 is 9.90 Å². The number of carbonyl (C=O) groups is 1. The molecule has 106 valence electrons. The molecule has 1 unspecified atom stereocenters. The molecule has 1 atom stereocenters. The number of hydrogen-bond acceptors (Lipinski definition) is 2. The van der Waals surface area contributed by atoms with Crippen molar-refractivity contribution in [2.45, 2.75) is 65.8 Å². The highest BCUT2D eigenvalue weighted by Gasteiger charge is 2.41. The van der Waals surface area contributed by atoms with Gasteiger partial charge in [-0.15, -0.1) is 0 Å². The van der Waals surface area contributed by atoms with Gasteiger partial charge in [-0.1, -0.05) is 34.1 Å². The lowest BCUT2D eigenvalue weighted by Gasteiger charge is -2.36. The molecule has 0 aliphatic heterocycles. The molecule has 0 aromatic heterocycles. The number of carbonyl (C=O) groups excluding carboxylic acids is 1. The quantitative estimate of drug-likeness (QED) is 0.793. The van der Waals surface area contributed by atoms with E-state index in [1.54, 1.807) is 0 Å². The van der Waals surface area contributed by atoms with E-state index in [1.165, 1.54) is 0 Å². The minimum atomic E-state index is 0.0649. The first-order valence-corrected chi connectivity index (χ1v) is 7.39. The maximum Gasteiger partial charge on any atom is 0.226 e. The zero-order chi connectivity index (χ0) is 13.8. The Morgan fingerprint density at radius 3 is 2.39 bits per heavy atom. The van der Waals surface area contributed by atoms with Crippen LogP contribution in [0.3, 0.4) is 0 Å².